The van der Waals surface area contributed by atoms with Crippen LogP contribution in [0.1, 0.15) is 38.4 Å². The summed E-state index contributed by atoms with van der Waals surface area (Å²) in [5.74, 6) is 0.892. The topological polar surface area (TPSA) is 52.0 Å². The molecule has 5 nitrogen and oxygen atoms in total. The zero-order valence-electron chi connectivity index (χ0n) is 10.3. The van der Waals surface area contributed by atoms with Gasteiger partial charge in [0.05, 0.1) is 25.3 Å². The van der Waals surface area contributed by atoms with Crippen molar-refractivity contribution in [1.82, 2.24) is 20.1 Å². The molecule has 17 heavy (non-hydrogen) atoms. The summed E-state index contributed by atoms with van der Waals surface area (Å²) in [6, 6.07) is 0.709. The number of hydrogen-bond acceptors (Lipinski definition) is 4. The van der Waals surface area contributed by atoms with E-state index in [1.54, 1.807) is 0 Å². The van der Waals surface area contributed by atoms with Crippen LogP contribution in [0.3, 0.4) is 0 Å². The van der Waals surface area contributed by atoms with E-state index in [1.165, 1.54) is 12.8 Å². The first-order valence-corrected chi connectivity index (χ1v) is 6.57. The molecule has 94 valence electrons. The van der Waals surface area contributed by atoms with Crippen molar-refractivity contribution in [1.29, 1.82) is 0 Å². The Morgan fingerprint density at radius 2 is 2.29 bits per heavy atom. The molecule has 0 amide bonds. The second-order valence-corrected chi connectivity index (χ2v) is 5.18. The first-order chi connectivity index (χ1) is 8.29. The number of ether oxygens (including phenoxy) is 1. The van der Waals surface area contributed by atoms with Gasteiger partial charge in [-0.2, -0.15) is 5.10 Å². The molecule has 2 unspecified atom stereocenters. The summed E-state index contributed by atoms with van der Waals surface area (Å²) in [5, 5.41) is 7.88. The smallest absolute Gasteiger partial charge is 0.164 e. The van der Waals surface area contributed by atoms with Crippen molar-refractivity contribution in [3.63, 3.8) is 0 Å². The highest BCUT2D eigenvalue weighted by Crippen LogP contribution is 2.20. The van der Waals surface area contributed by atoms with Gasteiger partial charge >= 0.3 is 0 Å². The van der Waals surface area contributed by atoms with Crippen LogP contribution in [0.15, 0.2) is 6.33 Å². The molecule has 0 bridgehead atoms. The molecular weight excluding hydrogens is 216 g/mol. The third-order valence-corrected chi connectivity index (χ3v) is 3.42. The number of nitrogens with zero attached hydrogens (tertiary/aromatic N) is 3. The highest BCUT2D eigenvalue weighted by Gasteiger charge is 2.23. The molecule has 0 aromatic carbocycles. The summed E-state index contributed by atoms with van der Waals surface area (Å²) in [7, 11) is 0. The first kappa shape index (κ1) is 11.2. The fourth-order valence-electron chi connectivity index (χ4n) is 2.25. The molecule has 5 heteroatoms. The molecule has 1 aliphatic heterocycles. The van der Waals surface area contributed by atoms with Gasteiger partial charge in [-0.1, -0.05) is 0 Å². The number of rotatable bonds is 5. The molecule has 1 saturated heterocycles. The molecule has 1 aromatic rings. The van der Waals surface area contributed by atoms with Gasteiger partial charge in [0.25, 0.3) is 0 Å². The van der Waals surface area contributed by atoms with E-state index in [0.29, 0.717) is 18.2 Å². The summed E-state index contributed by atoms with van der Waals surface area (Å²) in [4.78, 5) is 4.31. The third kappa shape index (κ3) is 3.04. The van der Waals surface area contributed by atoms with E-state index in [2.05, 4.69) is 22.3 Å². The van der Waals surface area contributed by atoms with Gasteiger partial charge in [0.1, 0.15) is 6.33 Å². The Hall–Kier alpha value is -0.940. The number of aromatic nitrogens is 3. The van der Waals surface area contributed by atoms with Crippen LogP contribution in [0, 0.1) is 0 Å². The van der Waals surface area contributed by atoms with Crippen LogP contribution >= 0.6 is 0 Å². The van der Waals surface area contributed by atoms with Gasteiger partial charge in [0.2, 0.25) is 0 Å². The van der Waals surface area contributed by atoms with E-state index in [1.807, 2.05) is 11.0 Å². The summed E-state index contributed by atoms with van der Waals surface area (Å²) in [6.45, 7) is 3.76. The molecule has 1 aliphatic carbocycles. The monoisotopic (exact) mass is 236 g/mol. The molecule has 0 spiro atoms. The van der Waals surface area contributed by atoms with Crippen LogP contribution in [-0.2, 0) is 17.8 Å². The van der Waals surface area contributed by atoms with Crippen molar-refractivity contribution >= 4 is 0 Å². The largest absolute Gasteiger partial charge is 0.373 e. The van der Waals surface area contributed by atoms with Gasteiger partial charge in [-0.05, 0) is 32.6 Å². The normalized spacial score (nSPS) is 28.8. The van der Waals surface area contributed by atoms with Crippen LogP contribution in [0.4, 0.5) is 0 Å². The minimum absolute atomic E-state index is 0.316. The predicted molar refractivity (Wildman–Crippen MR) is 63.5 cm³/mol. The maximum Gasteiger partial charge on any atom is 0.164 e. The van der Waals surface area contributed by atoms with Gasteiger partial charge in [-0.3, -0.25) is 4.68 Å². The second-order valence-electron chi connectivity index (χ2n) is 5.18. The lowest BCUT2D eigenvalue weighted by atomic mass is 10.2. The van der Waals surface area contributed by atoms with Crippen molar-refractivity contribution in [2.24, 2.45) is 0 Å². The molecule has 0 radical (unpaired) electrons. The van der Waals surface area contributed by atoms with Crippen molar-refractivity contribution in [3.8, 4) is 0 Å². The van der Waals surface area contributed by atoms with E-state index in [9.17, 15) is 0 Å². The fourth-order valence-corrected chi connectivity index (χ4v) is 2.25. The number of hydrogen-bond donors (Lipinski definition) is 1. The molecule has 2 fully saturated rings. The first-order valence-electron chi connectivity index (χ1n) is 6.57. The average molecular weight is 236 g/mol. The Kier molecular flexibility index (Phi) is 3.11. The van der Waals surface area contributed by atoms with Crippen LogP contribution in [0.5, 0.6) is 0 Å². The summed E-state index contributed by atoms with van der Waals surface area (Å²) < 4.78 is 7.69. The quantitative estimate of drug-likeness (QED) is 0.831. The molecule has 2 aliphatic rings. The van der Waals surface area contributed by atoms with E-state index < -0.39 is 0 Å². The second kappa shape index (κ2) is 4.74. The summed E-state index contributed by atoms with van der Waals surface area (Å²) >= 11 is 0. The van der Waals surface area contributed by atoms with Crippen molar-refractivity contribution < 1.29 is 4.74 Å². The standard InChI is InChI=1S/C12H20N4O/c1-9-2-5-11(17-9)7-16-8-14-12(15-16)6-13-10-3-4-10/h8-11,13H,2-7H2,1H3. The summed E-state index contributed by atoms with van der Waals surface area (Å²) in [5.41, 5.74) is 0. The minimum atomic E-state index is 0.316. The third-order valence-electron chi connectivity index (χ3n) is 3.42. The lowest BCUT2D eigenvalue weighted by Gasteiger charge is -2.10. The van der Waals surface area contributed by atoms with Crippen molar-refractivity contribution in [2.45, 2.75) is 63.9 Å². The van der Waals surface area contributed by atoms with Crippen molar-refractivity contribution in [3.05, 3.63) is 12.2 Å². The summed E-state index contributed by atoms with van der Waals surface area (Å²) in [6.07, 6.45) is 7.43. The maximum absolute atomic E-state index is 5.78. The lowest BCUT2D eigenvalue weighted by molar-refractivity contribution is 0.0436. The van der Waals surface area contributed by atoms with Gasteiger partial charge in [-0.25, -0.2) is 4.98 Å². The van der Waals surface area contributed by atoms with Crippen LogP contribution in [0.25, 0.3) is 0 Å². The SMILES string of the molecule is CC1CCC(Cn2cnc(CNC3CC3)n2)O1. The van der Waals surface area contributed by atoms with E-state index in [4.69, 9.17) is 4.74 Å². The zero-order valence-corrected chi connectivity index (χ0v) is 10.3. The van der Waals surface area contributed by atoms with Crippen LogP contribution < -0.4 is 5.32 Å². The van der Waals surface area contributed by atoms with Gasteiger partial charge in [0.15, 0.2) is 5.82 Å². The van der Waals surface area contributed by atoms with Gasteiger partial charge in [-0.15, -0.1) is 0 Å². The molecule has 1 N–H and O–H groups in total. The molecule has 3 rings (SSSR count). The molecule has 1 aromatic heterocycles. The Balaban J connectivity index is 1.49. The Bertz CT molecular complexity index is 374. The van der Waals surface area contributed by atoms with Crippen LogP contribution in [0.2, 0.25) is 0 Å². The van der Waals surface area contributed by atoms with E-state index in [0.717, 1.165) is 31.8 Å². The fraction of sp³-hybridized carbons (Fsp3) is 0.833. The maximum atomic E-state index is 5.78. The Morgan fingerprint density at radius 1 is 1.41 bits per heavy atom. The Labute approximate surface area is 102 Å². The number of nitrogens with one attached hydrogen (secondary N) is 1. The minimum Gasteiger partial charge on any atom is -0.373 e. The van der Waals surface area contributed by atoms with Crippen molar-refractivity contribution in [2.75, 3.05) is 0 Å². The molecular formula is C12H20N4O. The highest BCUT2D eigenvalue weighted by molar-refractivity contribution is 4.87. The zero-order chi connectivity index (χ0) is 11.7. The van der Waals surface area contributed by atoms with E-state index >= 15 is 0 Å². The van der Waals surface area contributed by atoms with Gasteiger partial charge < -0.3 is 10.1 Å². The average Bonchev–Trinajstić information content (AvgIpc) is 2.90. The van der Waals surface area contributed by atoms with Crippen LogP contribution in [-0.4, -0.2) is 33.0 Å². The molecule has 2 heterocycles. The highest BCUT2D eigenvalue weighted by atomic mass is 16.5. The predicted octanol–water partition coefficient (Wildman–Crippen LogP) is 1.10. The van der Waals surface area contributed by atoms with E-state index in [-0.39, 0.29) is 0 Å². The Morgan fingerprint density at radius 3 is 3.00 bits per heavy atom. The van der Waals surface area contributed by atoms with Gasteiger partial charge in [0, 0.05) is 6.04 Å². The molecule has 1 saturated carbocycles. The molecule has 2 atom stereocenters. The lowest BCUT2D eigenvalue weighted by Crippen LogP contribution is -2.18.